The number of hydrogen-bond acceptors (Lipinski definition) is 4. The van der Waals surface area contributed by atoms with E-state index in [0.29, 0.717) is 13.1 Å². The van der Waals surface area contributed by atoms with Gasteiger partial charge in [-0.2, -0.15) is 0 Å². The third kappa shape index (κ3) is 5.23. The summed E-state index contributed by atoms with van der Waals surface area (Å²) in [6, 6.07) is 7.84. The Kier molecular flexibility index (Phi) is 7.06. The molecule has 6 nitrogen and oxygen atoms in total. The van der Waals surface area contributed by atoms with Gasteiger partial charge in [-0.1, -0.05) is 18.2 Å². The summed E-state index contributed by atoms with van der Waals surface area (Å²) in [5, 5.41) is 5.66. The molecule has 0 spiro atoms. The lowest BCUT2D eigenvalue weighted by Gasteiger charge is -2.30. The van der Waals surface area contributed by atoms with Crippen LogP contribution in [0.1, 0.15) is 18.4 Å². The van der Waals surface area contributed by atoms with Crippen molar-refractivity contribution in [1.29, 1.82) is 0 Å². The number of amides is 2. The predicted molar refractivity (Wildman–Crippen MR) is 92.9 cm³/mol. The molecule has 1 saturated heterocycles. The minimum absolute atomic E-state index is 0.0308. The molecule has 0 bridgehead atoms. The van der Waals surface area contributed by atoms with Crippen molar-refractivity contribution in [2.24, 2.45) is 5.92 Å². The van der Waals surface area contributed by atoms with Crippen LogP contribution < -0.4 is 15.4 Å². The largest absolute Gasteiger partial charge is 0.496 e. The van der Waals surface area contributed by atoms with Crippen molar-refractivity contribution >= 4 is 11.8 Å². The van der Waals surface area contributed by atoms with Gasteiger partial charge in [0.1, 0.15) is 5.75 Å². The van der Waals surface area contributed by atoms with E-state index in [1.807, 2.05) is 24.3 Å². The van der Waals surface area contributed by atoms with Gasteiger partial charge in [0.05, 0.1) is 13.7 Å². The van der Waals surface area contributed by atoms with Crippen molar-refractivity contribution in [1.82, 2.24) is 15.5 Å². The van der Waals surface area contributed by atoms with Crippen LogP contribution in [0, 0.1) is 5.92 Å². The summed E-state index contributed by atoms with van der Waals surface area (Å²) >= 11 is 0. The molecule has 0 aromatic heterocycles. The van der Waals surface area contributed by atoms with E-state index < -0.39 is 0 Å². The van der Waals surface area contributed by atoms with Crippen LogP contribution in [0.25, 0.3) is 0 Å². The maximum absolute atomic E-state index is 12.1. The fourth-order valence-corrected chi connectivity index (χ4v) is 3.06. The topological polar surface area (TPSA) is 70.7 Å². The predicted octanol–water partition coefficient (Wildman–Crippen LogP) is 0.812. The van der Waals surface area contributed by atoms with Crippen molar-refractivity contribution in [3.05, 3.63) is 29.8 Å². The Hall–Kier alpha value is -2.08. The number of ether oxygens (including phenoxy) is 1. The van der Waals surface area contributed by atoms with Gasteiger partial charge in [0, 0.05) is 19.5 Å². The molecule has 2 rings (SSSR count). The highest BCUT2D eigenvalue weighted by Crippen LogP contribution is 2.18. The Labute approximate surface area is 143 Å². The second-order valence-corrected chi connectivity index (χ2v) is 6.08. The molecule has 0 aliphatic carbocycles. The van der Waals surface area contributed by atoms with Gasteiger partial charge in [-0.15, -0.1) is 0 Å². The van der Waals surface area contributed by atoms with Gasteiger partial charge in [0.15, 0.2) is 0 Å². The molecule has 0 unspecified atom stereocenters. The Bertz CT molecular complexity index is 554. The summed E-state index contributed by atoms with van der Waals surface area (Å²) in [6.45, 7) is 2.57. The zero-order valence-corrected chi connectivity index (χ0v) is 14.5. The number of para-hydroxylation sites is 1. The van der Waals surface area contributed by atoms with E-state index in [2.05, 4.69) is 15.5 Å². The number of piperidine rings is 1. The SMILES string of the molecule is CNC(=O)C1CCN(CC(=O)NCCc2ccccc2OC)CC1. The zero-order chi connectivity index (χ0) is 17.4. The van der Waals surface area contributed by atoms with Gasteiger partial charge >= 0.3 is 0 Å². The standard InChI is InChI=1S/C18H27N3O3/c1-19-18(23)15-8-11-21(12-9-15)13-17(22)20-10-7-14-5-3-4-6-16(14)24-2/h3-6,15H,7-13H2,1-2H3,(H,19,23)(H,20,22). The first kappa shape index (κ1) is 18.3. The van der Waals surface area contributed by atoms with Crippen LogP contribution >= 0.6 is 0 Å². The first-order valence-corrected chi connectivity index (χ1v) is 8.46. The second-order valence-electron chi connectivity index (χ2n) is 6.08. The average Bonchev–Trinajstić information content (AvgIpc) is 2.62. The number of rotatable bonds is 7. The Balaban J connectivity index is 1.68. The number of carbonyl (C=O) groups is 2. The lowest BCUT2D eigenvalue weighted by Crippen LogP contribution is -2.44. The monoisotopic (exact) mass is 333 g/mol. The molecule has 2 amide bonds. The van der Waals surface area contributed by atoms with Gasteiger partial charge in [-0.05, 0) is 44.0 Å². The summed E-state index contributed by atoms with van der Waals surface area (Å²) in [5.74, 6) is 1.07. The van der Waals surface area contributed by atoms with Gasteiger partial charge < -0.3 is 15.4 Å². The van der Waals surface area contributed by atoms with Gasteiger partial charge in [-0.25, -0.2) is 0 Å². The fraction of sp³-hybridized carbons (Fsp3) is 0.556. The van der Waals surface area contributed by atoms with Crippen LogP contribution in [-0.4, -0.2) is 57.1 Å². The normalized spacial score (nSPS) is 15.8. The fourth-order valence-electron chi connectivity index (χ4n) is 3.06. The van der Waals surface area contributed by atoms with E-state index in [1.165, 1.54) is 0 Å². The van der Waals surface area contributed by atoms with Crippen LogP contribution in [0.5, 0.6) is 5.75 Å². The number of methoxy groups -OCH3 is 1. The molecule has 6 heteroatoms. The summed E-state index contributed by atoms with van der Waals surface area (Å²) < 4.78 is 5.31. The number of carbonyl (C=O) groups excluding carboxylic acids is 2. The number of hydrogen-bond donors (Lipinski definition) is 2. The van der Waals surface area contributed by atoms with E-state index >= 15 is 0 Å². The molecule has 1 aliphatic heterocycles. The number of nitrogens with one attached hydrogen (secondary N) is 2. The summed E-state index contributed by atoms with van der Waals surface area (Å²) in [6.07, 6.45) is 2.37. The zero-order valence-electron chi connectivity index (χ0n) is 14.5. The average molecular weight is 333 g/mol. The van der Waals surface area contributed by atoms with Crippen molar-refractivity contribution in [3.63, 3.8) is 0 Å². The first-order valence-electron chi connectivity index (χ1n) is 8.46. The molecule has 24 heavy (non-hydrogen) atoms. The third-order valence-electron chi connectivity index (χ3n) is 4.48. The third-order valence-corrected chi connectivity index (χ3v) is 4.48. The minimum Gasteiger partial charge on any atom is -0.496 e. The molecule has 1 aliphatic rings. The van der Waals surface area contributed by atoms with Crippen LogP contribution in [-0.2, 0) is 16.0 Å². The van der Waals surface area contributed by atoms with E-state index in [0.717, 1.165) is 43.7 Å². The maximum Gasteiger partial charge on any atom is 0.234 e. The van der Waals surface area contributed by atoms with E-state index in [4.69, 9.17) is 4.74 Å². The van der Waals surface area contributed by atoms with Crippen molar-refractivity contribution < 1.29 is 14.3 Å². The van der Waals surface area contributed by atoms with E-state index in [-0.39, 0.29) is 17.7 Å². The molecule has 1 aromatic carbocycles. The van der Waals surface area contributed by atoms with Crippen LogP contribution in [0.4, 0.5) is 0 Å². The molecule has 0 atom stereocenters. The van der Waals surface area contributed by atoms with Crippen LogP contribution in [0.3, 0.4) is 0 Å². The lowest BCUT2D eigenvalue weighted by molar-refractivity contribution is -0.126. The Morgan fingerprint density at radius 1 is 1.25 bits per heavy atom. The number of benzene rings is 1. The van der Waals surface area contributed by atoms with Gasteiger partial charge in [0.2, 0.25) is 11.8 Å². The van der Waals surface area contributed by atoms with Crippen LogP contribution in [0.2, 0.25) is 0 Å². The van der Waals surface area contributed by atoms with Crippen molar-refractivity contribution in [3.8, 4) is 5.75 Å². The second kappa shape index (κ2) is 9.27. The maximum atomic E-state index is 12.1. The highest BCUT2D eigenvalue weighted by molar-refractivity contribution is 5.79. The molecule has 1 aromatic rings. The quantitative estimate of drug-likeness (QED) is 0.775. The Morgan fingerprint density at radius 3 is 2.62 bits per heavy atom. The Morgan fingerprint density at radius 2 is 1.96 bits per heavy atom. The van der Waals surface area contributed by atoms with E-state index in [9.17, 15) is 9.59 Å². The minimum atomic E-state index is 0.0308. The van der Waals surface area contributed by atoms with Gasteiger partial charge in [-0.3, -0.25) is 14.5 Å². The highest BCUT2D eigenvalue weighted by atomic mass is 16.5. The van der Waals surface area contributed by atoms with E-state index in [1.54, 1.807) is 14.2 Å². The molecule has 1 heterocycles. The van der Waals surface area contributed by atoms with Crippen LogP contribution in [0.15, 0.2) is 24.3 Å². The molecule has 0 saturated carbocycles. The molecular formula is C18H27N3O3. The smallest absolute Gasteiger partial charge is 0.234 e. The lowest BCUT2D eigenvalue weighted by atomic mass is 9.96. The number of likely N-dealkylation sites (tertiary alicyclic amines) is 1. The molecular weight excluding hydrogens is 306 g/mol. The molecule has 0 radical (unpaired) electrons. The van der Waals surface area contributed by atoms with Crippen molar-refractivity contribution in [2.45, 2.75) is 19.3 Å². The molecule has 132 valence electrons. The summed E-state index contributed by atoms with van der Waals surface area (Å²) in [5.41, 5.74) is 1.09. The first-order chi connectivity index (χ1) is 11.6. The van der Waals surface area contributed by atoms with Crippen molar-refractivity contribution in [2.75, 3.05) is 40.3 Å². The summed E-state index contributed by atoms with van der Waals surface area (Å²) in [7, 11) is 3.32. The van der Waals surface area contributed by atoms with Gasteiger partial charge in [0.25, 0.3) is 0 Å². The summed E-state index contributed by atoms with van der Waals surface area (Å²) in [4.78, 5) is 25.8. The molecule has 1 fully saturated rings. The highest BCUT2D eigenvalue weighted by Gasteiger charge is 2.24. The molecule has 2 N–H and O–H groups in total. The number of nitrogens with zero attached hydrogens (tertiary/aromatic N) is 1.